The molecule has 0 aliphatic rings. The van der Waals surface area contributed by atoms with Crippen LogP contribution in [0.25, 0.3) is 12.2 Å². The van der Waals surface area contributed by atoms with Gasteiger partial charge >= 0.3 is 0 Å². The van der Waals surface area contributed by atoms with Crippen molar-refractivity contribution in [2.24, 2.45) is 0 Å². The summed E-state index contributed by atoms with van der Waals surface area (Å²) in [5, 5.41) is 8.55. The van der Waals surface area contributed by atoms with Gasteiger partial charge in [0.15, 0.2) is 0 Å². The fraction of sp³-hybridized carbons (Fsp3) is 0. The highest BCUT2D eigenvalue weighted by Gasteiger charge is 1.97. The number of hydrogen-bond acceptors (Lipinski definition) is 2. The molecule has 1 rings (SSSR count). The van der Waals surface area contributed by atoms with Crippen LogP contribution >= 0.6 is 0 Å². The third-order valence-corrected chi connectivity index (χ3v) is 1.52. The van der Waals surface area contributed by atoms with Gasteiger partial charge in [-0.05, 0) is 17.2 Å². The molecule has 0 aliphatic heterocycles. The molecule has 12 heavy (non-hydrogen) atoms. The van der Waals surface area contributed by atoms with E-state index in [9.17, 15) is 0 Å². The number of hydrogen-bond donors (Lipinski definition) is 0. The molecule has 0 fully saturated rings. The Morgan fingerprint density at radius 2 is 2.00 bits per heavy atom. The van der Waals surface area contributed by atoms with Crippen molar-refractivity contribution < 1.29 is 0 Å². The number of aromatic nitrogens is 1. The standard InChI is InChI=1S/C10H8N2/c1-3-8-5-10(6-11)12-7-9(8)4-2/h3-5,7H,1-2H2. The molecular weight excluding hydrogens is 148 g/mol. The lowest BCUT2D eigenvalue weighted by atomic mass is 10.1. The maximum Gasteiger partial charge on any atom is 0.141 e. The molecule has 0 N–H and O–H groups in total. The van der Waals surface area contributed by atoms with Gasteiger partial charge in [-0.1, -0.05) is 25.3 Å². The van der Waals surface area contributed by atoms with Crippen molar-refractivity contribution in [2.45, 2.75) is 0 Å². The van der Waals surface area contributed by atoms with Crippen molar-refractivity contribution >= 4 is 12.2 Å². The van der Waals surface area contributed by atoms with Crippen LogP contribution in [0.2, 0.25) is 0 Å². The van der Waals surface area contributed by atoms with E-state index in [1.165, 1.54) is 0 Å². The summed E-state index contributed by atoms with van der Waals surface area (Å²) in [7, 11) is 0. The van der Waals surface area contributed by atoms with Crippen LogP contribution in [-0.2, 0) is 0 Å². The van der Waals surface area contributed by atoms with Gasteiger partial charge in [0.05, 0.1) is 0 Å². The van der Waals surface area contributed by atoms with Crippen molar-refractivity contribution in [3.05, 3.63) is 42.2 Å². The first kappa shape index (κ1) is 8.22. The van der Waals surface area contributed by atoms with E-state index in [4.69, 9.17) is 5.26 Å². The zero-order chi connectivity index (χ0) is 8.97. The quantitative estimate of drug-likeness (QED) is 0.658. The van der Waals surface area contributed by atoms with Gasteiger partial charge in [-0.2, -0.15) is 5.26 Å². The van der Waals surface area contributed by atoms with Crippen LogP contribution in [0, 0.1) is 11.3 Å². The predicted molar refractivity (Wildman–Crippen MR) is 49.1 cm³/mol. The first-order chi connectivity index (χ1) is 5.81. The van der Waals surface area contributed by atoms with Gasteiger partial charge in [-0.25, -0.2) is 4.98 Å². The van der Waals surface area contributed by atoms with Crippen molar-refractivity contribution in [3.8, 4) is 6.07 Å². The maximum atomic E-state index is 8.55. The number of pyridine rings is 1. The average molecular weight is 156 g/mol. The molecular formula is C10H8N2. The zero-order valence-electron chi connectivity index (χ0n) is 6.62. The lowest BCUT2D eigenvalue weighted by Crippen LogP contribution is -1.87. The molecule has 1 heterocycles. The average Bonchev–Trinajstić information content (AvgIpc) is 2.16. The van der Waals surface area contributed by atoms with Gasteiger partial charge in [-0.3, -0.25) is 0 Å². The minimum atomic E-state index is 0.399. The molecule has 1 aromatic heterocycles. The monoisotopic (exact) mass is 156 g/mol. The smallest absolute Gasteiger partial charge is 0.141 e. The van der Waals surface area contributed by atoms with Crippen LogP contribution in [0.5, 0.6) is 0 Å². The Hall–Kier alpha value is -1.88. The normalized spacial score (nSPS) is 8.58. The van der Waals surface area contributed by atoms with E-state index in [1.807, 2.05) is 6.07 Å². The minimum absolute atomic E-state index is 0.399. The van der Waals surface area contributed by atoms with Gasteiger partial charge in [0.1, 0.15) is 11.8 Å². The van der Waals surface area contributed by atoms with Gasteiger partial charge < -0.3 is 0 Å². The molecule has 0 radical (unpaired) electrons. The van der Waals surface area contributed by atoms with E-state index in [-0.39, 0.29) is 0 Å². The van der Waals surface area contributed by atoms with Crippen molar-refractivity contribution in [1.82, 2.24) is 4.98 Å². The molecule has 1 aromatic rings. The summed E-state index contributed by atoms with van der Waals surface area (Å²) in [6.07, 6.45) is 4.98. The third-order valence-electron chi connectivity index (χ3n) is 1.52. The highest BCUT2D eigenvalue weighted by molar-refractivity contribution is 5.63. The Balaban J connectivity index is 3.30. The van der Waals surface area contributed by atoms with Crippen LogP contribution in [0.1, 0.15) is 16.8 Å². The van der Waals surface area contributed by atoms with E-state index in [0.29, 0.717) is 5.69 Å². The second-order valence-corrected chi connectivity index (χ2v) is 2.22. The van der Waals surface area contributed by atoms with Gasteiger partial charge in [0.2, 0.25) is 0 Å². The van der Waals surface area contributed by atoms with Gasteiger partial charge in [-0.15, -0.1) is 0 Å². The summed E-state index contributed by atoms with van der Waals surface area (Å²) in [6, 6.07) is 3.64. The van der Waals surface area contributed by atoms with Crippen LogP contribution < -0.4 is 0 Å². The molecule has 0 saturated carbocycles. The summed E-state index contributed by atoms with van der Waals surface area (Å²) >= 11 is 0. The van der Waals surface area contributed by atoms with Crippen LogP contribution in [0.4, 0.5) is 0 Å². The largest absolute Gasteiger partial charge is 0.245 e. The summed E-state index contributed by atoms with van der Waals surface area (Å²) in [6.45, 7) is 7.25. The van der Waals surface area contributed by atoms with E-state index >= 15 is 0 Å². The fourth-order valence-corrected chi connectivity index (χ4v) is 0.890. The van der Waals surface area contributed by atoms with Crippen LogP contribution in [0.3, 0.4) is 0 Å². The Kier molecular flexibility index (Phi) is 2.39. The molecule has 0 atom stereocenters. The van der Waals surface area contributed by atoms with E-state index < -0.39 is 0 Å². The summed E-state index contributed by atoms with van der Waals surface area (Å²) in [4.78, 5) is 3.90. The molecule has 0 spiro atoms. The van der Waals surface area contributed by atoms with E-state index in [1.54, 1.807) is 24.4 Å². The highest BCUT2D eigenvalue weighted by atomic mass is 14.7. The molecule has 0 aliphatic carbocycles. The van der Waals surface area contributed by atoms with Crippen molar-refractivity contribution in [3.63, 3.8) is 0 Å². The molecule has 58 valence electrons. The SMILES string of the molecule is C=Cc1cnc(C#N)cc1C=C. The van der Waals surface area contributed by atoms with Crippen molar-refractivity contribution in [1.29, 1.82) is 5.26 Å². The molecule has 0 amide bonds. The molecule has 0 unspecified atom stereocenters. The number of rotatable bonds is 2. The second kappa shape index (κ2) is 3.49. The first-order valence-electron chi connectivity index (χ1n) is 3.47. The molecule has 0 bridgehead atoms. The van der Waals surface area contributed by atoms with Gasteiger partial charge in [0.25, 0.3) is 0 Å². The topological polar surface area (TPSA) is 36.7 Å². The minimum Gasteiger partial charge on any atom is -0.245 e. The Labute approximate surface area is 71.5 Å². The third kappa shape index (κ3) is 1.40. The lowest BCUT2D eigenvalue weighted by Gasteiger charge is -1.98. The Morgan fingerprint density at radius 3 is 2.50 bits per heavy atom. The van der Waals surface area contributed by atoms with E-state index in [2.05, 4.69) is 18.1 Å². The Morgan fingerprint density at radius 1 is 1.33 bits per heavy atom. The van der Waals surface area contributed by atoms with Gasteiger partial charge in [0, 0.05) is 6.20 Å². The summed E-state index contributed by atoms with van der Waals surface area (Å²) in [5.74, 6) is 0. The van der Waals surface area contributed by atoms with Crippen LogP contribution in [-0.4, -0.2) is 4.98 Å². The van der Waals surface area contributed by atoms with Crippen molar-refractivity contribution in [2.75, 3.05) is 0 Å². The first-order valence-corrected chi connectivity index (χ1v) is 3.47. The van der Waals surface area contributed by atoms with Crippen LogP contribution in [0.15, 0.2) is 25.4 Å². The van der Waals surface area contributed by atoms with E-state index in [0.717, 1.165) is 11.1 Å². The number of nitrogens with zero attached hydrogens (tertiary/aromatic N) is 2. The summed E-state index contributed by atoms with van der Waals surface area (Å²) in [5.41, 5.74) is 2.18. The molecule has 2 heteroatoms. The molecule has 0 aromatic carbocycles. The zero-order valence-corrected chi connectivity index (χ0v) is 6.62. The maximum absolute atomic E-state index is 8.55. The number of nitriles is 1. The molecule has 0 saturated heterocycles. The second-order valence-electron chi connectivity index (χ2n) is 2.22. The Bertz CT molecular complexity index is 359. The lowest BCUT2D eigenvalue weighted by molar-refractivity contribution is 1.25. The highest BCUT2D eigenvalue weighted by Crippen LogP contribution is 2.11. The molecule has 2 nitrogen and oxygen atoms in total. The summed E-state index contributed by atoms with van der Waals surface area (Å²) < 4.78 is 0. The fourth-order valence-electron chi connectivity index (χ4n) is 0.890. The predicted octanol–water partition coefficient (Wildman–Crippen LogP) is 2.24.